The average molecular weight is 412 g/mol. The standard InChI is InChI=1S/C23H28N2O5/c1-2-3-5-10-21(15-16-22(26)24-17-18-8-6-4-7-9-18)30-23(27)19-11-13-20(14-12-19)25(28)29/h4,6-9,11-14,21H,2-3,5,10,15-17H2,1H3,(H,24,26)/t21-/m0/s1. The SMILES string of the molecule is CCCCC[C@@H](CCC(=O)NCc1ccccc1)OC(=O)c1ccc([N+](=O)[O-])cc1. The van der Waals surface area contributed by atoms with E-state index in [2.05, 4.69) is 12.2 Å². The molecule has 1 amide bonds. The highest BCUT2D eigenvalue weighted by Crippen LogP contribution is 2.17. The van der Waals surface area contributed by atoms with E-state index in [1.165, 1.54) is 24.3 Å². The molecule has 7 nitrogen and oxygen atoms in total. The highest BCUT2D eigenvalue weighted by atomic mass is 16.6. The van der Waals surface area contributed by atoms with Crippen LogP contribution in [0.3, 0.4) is 0 Å². The summed E-state index contributed by atoms with van der Waals surface area (Å²) in [5.74, 6) is -0.623. The zero-order valence-electron chi connectivity index (χ0n) is 17.2. The number of nitro groups is 1. The zero-order chi connectivity index (χ0) is 21.8. The number of esters is 1. The Morgan fingerprint density at radius 2 is 1.73 bits per heavy atom. The molecule has 1 N–H and O–H groups in total. The predicted octanol–water partition coefficient (Wildman–Crippen LogP) is 4.80. The van der Waals surface area contributed by atoms with Gasteiger partial charge in [-0.1, -0.05) is 50.1 Å². The zero-order valence-corrected chi connectivity index (χ0v) is 17.2. The first-order valence-electron chi connectivity index (χ1n) is 10.3. The molecule has 1 atom stereocenters. The number of unbranched alkanes of at least 4 members (excludes halogenated alkanes) is 2. The minimum atomic E-state index is -0.531. The van der Waals surface area contributed by atoms with E-state index in [1.807, 2.05) is 30.3 Å². The molecule has 0 aliphatic carbocycles. The fourth-order valence-corrected chi connectivity index (χ4v) is 3.00. The summed E-state index contributed by atoms with van der Waals surface area (Å²) < 4.78 is 5.61. The lowest BCUT2D eigenvalue weighted by atomic mass is 10.1. The van der Waals surface area contributed by atoms with Gasteiger partial charge in [-0.05, 0) is 37.0 Å². The number of hydrogen-bond donors (Lipinski definition) is 1. The van der Waals surface area contributed by atoms with Crippen LogP contribution in [0.2, 0.25) is 0 Å². The molecule has 2 rings (SSSR count). The van der Waals surface area contributed by atoms with E-state index in [9.17, 15) is 19.7 Å². The number of hydrogen-bond acceptors (Lipinski definition) is 5. The number of carbonyl (C=O) groups is 2. The normalized spacial score (nSPS) is 11.5. The van der Waals surface area contributed by atoms with Gasteiger partial charge in [-0.2, -0.15) is 0 Å². The second-order valence-corrected chi connectivity index (χ2v) is 7.13. The molecule has 0 heterocycles. The van der Waals surface area contributed by atoms with Crippen LogP contribution in [0.25, 0.3) is 0 Å². The topological polar surface area (TPSA) is 98.5 Å². The summed E-state index contributed by atoms with van der Waals surface area (Å²) in [5, 5.41) is 13.6. The van der Waals surface area contributed by atoms with E-state index < -0.39 is 10.9 Å². The third-order valence-electron chi connectivity index (χ3n) is 4.74. The Bertz CT molecular complexity index is 821. The molecule has 0 aromatic heterocycles. The van der Waals surface area contributed by atoms with E-state index in [4.69, 9.17) is 4.74 Å². The van der Waals surface area contributed by atoms with Gasteiger partial charge in [0.05, 0.1) is 10.5 Å². The van der Waals surface area contributed by atoms with Crippen LogP contribution in [0.5, 0.6) is 0 Å². The van der Waals surface area contributed by atoms with E-state index in [0.29, 0.717) is 19.4 Å². The van der Waals surface area contributed by atoms with Gasteiger partial charge in [0.1, 0.15) is 6.10 Å². The Morgan fingerprint density at radius 1 is 1.03 bits per heavy atom. The van der Waals surface area contributed by atoms with Gasteiger partial charge < -0.3 is 10.1 Å². The number of amides is 1. The molecule has 30 heavy (non-hydrogen) atoms. The monoisotopic (exact) mass is 412 g/mol. The molecule has 160 valence electrons. The van der Waals surface area contributed by atoms with Crippen LogP contribution in [0, 0.1) is 10.1 Å². The largest absolute Gasteiger partial charge is 0.459 e. The van der Waals surface area contributed by atoms with Crippen molar-refractivity contribution >= 4 is 17.6 Å². The summed E-state index contributed by atoms with van der Waals surface area (Å²) in [6.07, 6.45) is 3.97. The van der Waals surface area contributed by atoms with Gasteiger partial charge in [0.15, 0.2) is 0 Å². The lowest BCUT2D eigenvalue weighted by Crippen LogP contribution is -2.25. The van der Waals surface area contributed by atoms with Crippen molar-refractivity contribution in [1.82, 2.24) is 5.32 Å². The van der Waals surface area contributed by atoms with Gasteiger partial charge in [0.25, 0.3) is 5.69 Å². The first-order valence-corrected chi connectivity index (χ1v) is 10.3. The van der Waals surface area contributed by atoms with Gasteiger partial charge in [-0.25, -0.2) is 4.79 Å². The molecule has 0 radical (unpaired) electrons. The van der Waals surface area contributed by atoms with E-state index >= 15 is 0 Å². The second-order valence-electron chi connectivity index (χ2n) is 7.13. The molecule has 0 saturated carbocycles. The summed E-state index contributed by atoms with van der Waals surface area (Å²) >= 11 is 0. The van der Waals surface area contributed by atoms with Crippen LogP contribution in [-0.4, -0.2) is 22.9 Å². The van der Waals surface area contributed by atoms with Crippen molar-refractivity contribution in [2.45, 2.75) is 58.1 Å². The number of benzene rings is 2. The van der Waals surface area contributed by atoms with Crippen molar-refractivity contribution in [2.75, 3.05) is 0 Å². The second kappa shape index (κ2) is 12.4. The average Bonchev–Trinajstić information content (AvgIpc) is 2.76. The molecule has 2 aromatic carbocycles. The van der Waals surface area contributed by atoms with Gasteiger partial charge >= 0.3 is 5.97 Å². The van der Waals surface area contributed by atoms with Gasteiger partial charge in [-0.15, -0.1) is 0 Å². The fourth-order valence-electron chi connectivity index (χ4n) is 3.00. The fraction of sp³-hybridized carbons (Fsp3) is 0.391. The highest BCUT2D eigenvalue weighted by molar-refractivity contribution is 5.89. The summed E-state index contributed by atoms with van der Waals surface area (Å²) in [4.78, 5) is 34.9. The van der Waals surface area contributed by atoms with Crippen LogP contribution in [0.1, 0.15) is 61.4 Å². The van der Waals surface area contributed by atoms with Crippen LogP contribution >= 0.6 is 0 Å². The van der Waals surface area contributed by atoms with E-state index in [0.717, 1.165) is 24.8 Å². The molecule has 0 saturated heterocycles. The summed E-state index contributed by atoms with van der Waals surface area (Å²) in [6, 6.07) is 15.0. The number of non-ortho nitro benzene ring substituents is 1. The van der Waals surface area contributed by atoms with Crippen molar-refractivity contribution < 1.29 is 19.2 Å². The first-order chi connectivity index (χ1) is 14.5. The molecule has 0 spiro atoms. The smallest absolute Gasteiger partial charge is 0.338 e. The van der Waals surface area contributed by atoms with Crippen molar-refractivity contribution in [3.63, 3.8) is 0 Å². The van der Waals surface area contributed by atoms with Crippen molar-refractivity contribution in [2.24, 2.45) is 0 Å². The highest BCUT2D eigenvalue weighted by Gasteiger charge is 2.18. The van der Waals surface area contributed by atoms with Gasteiger partial charge in [-0.3, -0.25) is 14.9 Å². The lowest BCUT2D eigenvalue weighted by Gasteiger charge is -2.18. The number of carbonyl (C=O) groups excluding carboxylic acids is 2. The van der Waals surface area contributed by atoms with Crippen LogP contribution in [-0.2, 0) is 16.1 Å². The molecule has 7 heteroatoms. The van der Waals surface area contributed by atoms with Crippen molar-refractivity contribution in [3.8, 4) is 0 Å². The molecule has 0 fully saturated rings. The summed E-state index contributed by atoms with van der Waals surface area (Å²) in [6.45, 7) is 2.55. The minimum absolute atomic E-state index is 0.0823. The molecular formula is C23H28N2O5. The number of ether oxygens (including phenoxy) is 1. The minimum Gasteiger partial charge on any atom is -0.459 e. The van der Waals surface area contributed by atoms with Crippen LogP contribution in [0.15, 0.2) is 54.6 Å². The van der Waals surface area contributed by atoms with Crippen molar-refractivity contribution in [3.05, 3.63) is 75.8 Å². The number of rotatable bonds is 12. The summed E-state index contributed by atoms with van der Waals surface area (Å²) in [7, 11) is 0. The lowest BCUT2D eigenvalue weighted by molar-refractivity contribution is -0.384. The number of nitro benzene ring substituents is 1. The van der Waals surface area contributed by atoms with Crippen LogP contribution < -0.4 is 5.32 Å². The molecule has 0 bridgehead atoms. The molecular weight excluding hydrogens is 384 g/mol. The predicted molar refractivity (Wildman–Crippen MR) is 114 cm³/mol. The maximum absolute atomic E-state index is 12.4. The number of nitrogens with zero attached hydrogens (tertiary/aromatic N) is 1. The van der Waals surface area contributed by atoms with Crippen molar-refractivity contribution in [1.29, 1.82) is 0 Å². The van der Waals surface area contributed by atoms with E-state index in [-0.39, 0.29) is 29.7 Å². The third-order valence-corrected chi connectivity index (χ3v) is 4.74. The Hall–Kier alpha value is -3.22. The van der Waals surface area contributed by atoms with Gasteiger partial charge in [0, 0.05) is 25.1 Å². The van der Waals surface area contributed by atoms with Gasteiger partial charge in [0.2, 0.25) is 5.91 Å². The quantitative estimate of drug-likeness (QED) is 0.234. The Labute approximate surface area is 176 Å². The number of nitrogens with one attached hydrogen (secondary N) is 1. The van der Waals surface area contributed by atoms with Crippen LogP contribution in [0.4, 0.5) is 5.69 Å². The third kappa shape index (κ3) is 8.03. The Morgan fingerprint density at radius 3 is 2.37 bits per heavy atom. The maximum atomic E-state index is 12.4. The molecule has 0 aliphatic rings. The van der Waals surface area contributed by atoms with E-state index in [1.54, 1.807) is 0 Å². The molecule has 0 aliphatic heterocycles. The molecule has 0 unspecified atom stereocenters. The Kier molecular flexibility index (Phi) is 9.51. The maximum Gasteiger partial charge on any atom is 0.338 e. The first kappa shape index (κ1) is 23.1. The summed E-state index contributed by atoms with van der Waals surface area (Å²) in [5.41, 5.74) is 1.20. The molecule has 2 aromatic rings. The Balaban J connectivity index is 1.87.